The zero-order valence-electron chi connectivity index (χ0n) is 10.6. The standard InChI is InChI=1S/C16H16N2S/c17-16(19)11-5-7-14(8-6-11)18-15-9-12-3-1-2-4-13(12)10-15/h1-8,15,18H,9-10H2,(H2,17,19). The molecule has 0 amide bonds. The molecule has 0 aromatic heterocycles. The third-order valence-corrected chi connectivity index (χ3v) is 3.83. The summed E-state index contributed by atoms with van der Waals surface area (Å²) in [4.78, 5) is 0.444. The Kier molecular flexibility index (Phi) is 3.22. The van der Waals surface area contributed by atoms with Crippen molar-refractivity contribution in [2.45, 2.75) is 18.9 Å². The molecule has 0 aliphatic heterocycles. The van der Waals surface area contributed by atoms with Crippen LogP contribution in [0.15, 0.2) is 48.5 Å². The van der Waals surface area contributed by atoms with Gasteiger partial charge in [-0.1, -0.05) is 36.5 Å². The maximum Gasteiger partial charge on any atom is 0.103 e. The first-order valence-corrected chi connectivity index (χ1v) is 6.86. The van der Waals surface area contributed by atoms with E-state index < -0.39 is 0 Å². The van der Waals surface area contributed by atoms with E-state index in [4.69, 9.17) is 18.0 Å². The summed E-state index contributed by atoms with van der Waals surface area (Å²) in [6.45, 7) is 0. The number of nitrogens with one attached hydrogen (secondary N) is 1. The van der Waals surface area contributed by atoms with Crippen molar-refractivity contribution in [3.05, 3.63) is 65.2 Å². The fourth-order valence-corrected chi connectivity index (χ4v) is 2.76. The second kappa shape index (κ2) is 5.02. The summed E-state index contributed by atoms with van der Waals surface area (Å²) in [7, 11) is 0. The molecule has 3 heteroatoms. The quantitative estimate of drug-likeness (QED) is 0.841. The fourth-order valence-electron chi connectivity index (χ4n) is 2.63. The normalized spacial score (nSPS) is 14.1. The molecular formula is C16H16N2S. The lowest BCUT2D eigenvalue weighted by Gasteiger charge is -2.13. The molecule has 1 aliphatic rings. The third-order valence-electron chi connectivity index (χ3n) is 3.59. The fraction of sp³-hybridized carbons (Fsp3) is 0.188. The van der Waals surface area contributed by atoms with Crippen LogP contribution >= 0.6 is 12.2 Å². The van der Waals surface area contributed by atoms with Crippen LogP contribution in [0.5, 0.6) is 0 Å². The van der Waals surface area contributed by atoms with Gasteiger partial charge in [-0.25, -0.2) is 0 Å². The van der Waals surface area contributed by atoms with Crippen LogP contribution in [0.1, 0.15) is 16.7 Å². The van der Waals surface area contributed by atoms with Crippen LogP contribution in [-0.2, 0) is 12.8 Å². The summed E-state index contributed by atoms with van der Waals surface area (Å²) in [5, 5.41) is 3.57. The molecule has 2 aromatic rings. The molecule has 0 fully saturated rings. The zero-order valence-corrected chi connectivity index (χ0v) is 11.4. The molecule has 0 bridgehead atoms. The number of thiocarbonyl (C=S) groups is 1. The minimum Gasteiger partial charge on any atom is -0.389 e. The van der Waals surface area contributed by atoms with E-state index in [1.807, 2.05) is 24.3 Å². The molecule has 2 nitrogen and oxygen atoms in total. The van der Waals surface area contributed by atoms with Crippen molar-refractivity contribution in [1.29, 1.82) is 0 Å². The highest BCUT2D eigenvalue weighted by Gasteiger charge is 2.20. The first-order valence-electron chi connectivity index (χ1n) is 6.45. The third kappa shape index (κ3) is 2.61. The minimum absolute atomic E-state index is 0.444. The molecule has 0 atom stereocenters. The largest absolute Gasteiger partial charge is 0.389 e. The van der Waals surface area contributed by atoms with Crippen molar-refractivity contribution >= 4 is 22.9 Å². The Labute approximate surface area is 118 Å². The Balaban J connectivity index is 1.69. The second-order valence-corrected chi connectivity index (χ2v) is 5.40. The summed E-state index contributed by atoms with van der Waals surface area (Å²) < 4.78 is 0. The van der Waals surface area contributed by atoms with Crippen molar-refractivity contribution in [2.75, 3.05) is 5.32 Å². The highest BCUT2D eigenvalue weighted by Crippen LogP contribution is 2.24. The van der Waals surface area contributed by atoms with E-state index in [9.17, 15) is 0 Å². The van der Waals surface area contributed by atoms with Gasteiger partial charge in [0.25, 0.3) is 0 Å². The van der Waals surface area contributed by atoms with Crippen molar-refractivity contribution in [3.63, 3.8) is 0 Å². The first kappa shape index (κ1) is 12.2. The maximum absolute atomic E-state index is 5.60. The lowest BCUT2D eigenvalue weighted by atomic mass is 10.1. The predicted octanol–water partition coefficient (Wildman–Crippen LogP) is 2.90. The van der Waals surface area contributed by atoms with Gasteiger partial charge >= 0.3 is 0 Å². The number of rotatable bonds is 3. The van der Waals surface area contributed by atoms with Crippen molar-refractivity contribution in [3.8, 4) is 0 Å². The summed E-state index contributed by atoms with van der Waals surface area (Å²) in [6.07, 6.45) is 2.18. The zero-order chi connectivity index (χ0) is 13.2. The lowest BCUT2D eigenvalue weighted by molar-refractivity contribution is 0.774. The van der Waals surface area contributed by atoms with Gasteiger partial charge in [0, 0.05) is 17.3 Å². The smallest absolute Gasteiger partial charge is 0.103 e. The monoisotopic (exact) mass is 268 g/mol. The van der Waals surface area contributed by atoms with Crippen LogP contribution < -0.4 is 11.1 Å². The van der Waals surface area contributed by atoms with Crippen LogP contribution in [0.25, 0.3) is 0 Å². The van der Waals surface area contributed by atoms with E-state index in [-0.39, 0.29) is 0 Å². The van der Waals surface area contributed by atoms with Crippen LogP contribution in [0.4, 0.5) is 5.69 Å². The van der Waals surface area contributed by atoms with Crippen molar-refractivity contribution in [2.24, 2.45) is 5.73 Å². The molecule has 0 unspecified atom stereocenters. The van der Waals surface area contributed by atoms with Gasteiger partial charge < -0.3 is 11.1 Å². The lowest BCUT2D eigenvalue weighted by Crippen LogP contribution is -2.19. The van der Waals surface area contributed by atoms with E-state index in [1.165, 1.54) is 11.1 Å². The van der Waals surface area contributed by atoms with E-state index in [0.717, 1.165) is 24.1 Å². The molecule has 0 spiro atoms. The maximum atomic E-state index is 5.60. The van der Waals surface area contributed by atoms with E-state index >= 15 is 0 Å². The molecule has 1 aliphatic carbocycles. The molecule has 96 valence electrons. The van der Waals surface area contributed by atoms with Crippen molar-refractivity contribution < 1.29 is 0 Å². The number of anilines is 1. The Hall–Kier alpha value is -1.87. The minimum atomic E-state index is 0.444. The predicted molar refractivity (Wildman–Crippen MR) is 83.6 cm³/mol. The van der Waals surface area contributed by atoms with Gasteiger partial charge in [0.1, 0.15) is 4.99 Å². The van der Waals surface area contributed by atoms with Gasteiger partial charge in [-0.15, -0.1) is 0 Å². The van der Waals surface area contributed by atoms with Gasteiger partial charge in [0.2, 0.25) is 0 Å². The average molecular weight is 268 g/mol. The molecule has 0 heterocycles. The Morgan fingerprint density at radius 3 is 2.11 bits per heavy atom. The van der Waals surface area contributed by atoms with Gasteiger partial charge in [0.15, 0.2) is 0 Å². The van der Waals surface area contributed by atoms with E-state index in [0.29, 0.717) is 11.0 Å². The number of hydrogen-bond donors (Lipinski definition) is 2. The molecule has 0 saturated heterocycles. The Bertz CT molecular complexity index is 579. The number of fused-ring (bicyclic) bond motifs is 1. The first-order chi connectivity index (χ1) is 9.22. The topological polar surface area (TPSA) is 38.0 Å². The molecule has 3 N–H and O–H groups in total. The van der Waals surface area contributed by atoms with Crippen molar-refractivity contribution in [1.82, 2.24) is 0 Å². The van der Waals surface area contributed by atoms with Crippen LogP contribution in [0, 0.1) is 0 Å². The van der Waals surface area contributed by atoms with Crippen LogP contribution in [0.2, 0.25) is 0 Å². The highest BCUT2D eigenvalue weighted by atomic mass is 32.1. The van der Waals surface area contributed by atoms with Crippen LogP contribution in [0.3, 0.4) is 0 Å². The summed E-state index contributed by atoms with van der Waals surface area (Å²) in [5.74, 6) is 0. The molecule has 2 aromatic carbocycles. The average Bonchev–Trinajstić information content (AvgIpc) is 2.81. The summed E-state index contributed by atoms with van der Waals surface area (Å²) in [5.41, 5.74) is 10.5. The Morgan fingerprint density at radius 2 is 1.58 bits per heavy atom. The van der Waals surface area contributed by atoms with Crippen LogP contribution in [-0.4, -0.2) is 11.0 Å². The van der Waals surface area contributed by atoms with Gasteiger partial charge in [-0.2, -0.15) is 0 Å². The summed E-state index contributed by atoms with van der Waals surface area (Å²) in [6, 6.07) is 17.1. The second-order valence-electron chi connectivity index (χ2n) is 4.96. The number of nitrogens with two attached hydrogens (primary N) is 1. The SMILES string of the molecule is NC(=S)c1ccc(NC2Cc3ccccc3C2)cc1. The van der Waals surface area contributed by atoms with Gasteiger partial charge in [-0.3, -0.25) is 0 Å². The van der Waals surface area contributed by atoms with Gasteiger partial charge in [-0.05, 0) is 48.2 Å². The van der Waals surface area contributed by atoms with Gasteiger partial charge in [0.05, 0.1) is 0 Å². The number of hydrogen-bond acceptors (Lipinski definition) is 2. The molecular weight excluding hydrogens is 252 g/mol. The Morgan fingerprint density at radius 1 is 1.00 bits per heavy atom. The summed E-state index contributed by atoms with van der Waals surface area (Å²) >= 11 is 4.95. The molecule has 0 saturated carbocycles. The highest BCUT2D eigenvalue weighted by molar-refractivity contribution is 7.80. The number of benzene rings is 2. The molecule has 3 rings (SSSR count). The van der Waals surface area contributed by atoms with E-state index in [1.54, 1.807) is 0 Å². The molecule has 0 radical (unpaired) electrons. The molecule has 19 heavy (non-hydrogen) atoms. The van der Waals surface area contributed by atoms with E-state index in [2.05, 4.69) is 29.6 Å².